The van der Waals surface area contributed by atoms with Gasteiger partial charge in [0.2, 0.25) is 0 Å². The molecule has 13 heavy (non-hydrogen) atoms. The van der Waals surface area contributed by atoms with Crippen molar-refractivity contribution in [1.29, 1.82) is 0 Å². The molecule has 0 aromatic carbocycles. The number of nitrogen functional groups attached to an aromatic ring is 1. The number of aliphatic hydroxyl groups is 1. The molecule has 1 aromatic heterocycles. The number of anilines is 1. The fourth-order valence-electron chi connectivity index (χ4n) is 0.883. The number of nitrogens with two attached hydrogens (primary N) is 1. The van der Waals surface area contributed by atoms with E-state index < -0.39 is 0 Å². The summed E-state index contributed by atoms with van der Waals surface area (Å²) < 4.78 is 0. The Morgan fingerprint density at radius 1 is 1.54 bits per heavy atom. The van der Waals surface area contributed by atoms with Gasteiger partial charge in [0.15, 0.2) is 0 Å². The highest BCUT2D eigenvalue weighted by atomic mass is 16.2. The van der Waals surface area contributed by atoms with Gasteiger partial charge >= 0.3 is 0 Å². The Balaban J connectivity index is 2.58. The molecule has 0 fully saturated rings. The number of aromatic nitrogens is 1. The Bertz CT molecular complexity index is 269. The molecule has 0 bridgehead atoms. The highest BCUT2D eigenvalue weighted by Crippen LogP contribution is 2.05. The molecule has 0 aliphatic carbocycles. The fourth-order valence-corrected chi connectivity index (χ4v) is 0.883. The second-order valence-electron chi connectivity index (χ2n) is 2.54. The van der Waals surface area contributed by atoms with Crippen molar-refractivity contribution in [3.8, 4) is 0 Å². The molecule has 0 aliphatic rings. The number of nitrogens with zero attached hydrogens (tertiary/aromatic N) is 1. The van der Waals surface area contributed by atoms with Gasteiger partial charge in [-0.15, -0.1) is 0 Å². The van der Waals surface area contributed by atoms with Crippen LogP contribution in [0.4, 0.5) is 5.82 Å². The summed E-state index contributed by atoms with van der Waals surface area (Å²) in [7, 11) is 0. The molecule has 4 heteroatoms. The summed E-state index contributed by atoms with van der Waals surface area (Å²) in [6.07, 6.45) is 6.18. The van der Waals surface area contributed by atoms with Gasteiger partial charge in [-0.25, -0.2) is 10.8 Å². The number of aliphatic hydroxyl groups excluding tert-OH is 1. The predicted molar refractivity (Wildman–Crippen MR) is 52.8 cm³/mol. The van der Waals surface area contributed by atoms with Crippen LogP contribution in [-0.2, 0) is 0 Å². The van der Waals surface area contributed by atoms with Gasteiger partial charge < -0.3 is 10.5 Å². The maximum Gasteiger partial charge on any atom is 0.139 e. The van der Waals surface area contributed by atoms with Crippen LogP contribution < -0.4 is 11.3 Å². The van der Waals surface area contributed by atoms with E-state index in [1.807, 2.05) is 18.2 Å². The summed E-state index contributed by atoms with van der Waals surface area (Å²) >= 11 is 0. The van der Waals surface area contributed by atoms with Gasteiger partial charge in [0, 0.05) is 12.8 Å². The molecular formula is C9H13N3O. The smallest absolute Gasteiger partial charge is 0.139 e. The van der Waals surface area contributed by atoms with E-state index in [0.717, 1.165) is 5.56 Å². The predicted octanol–water partition coefficient (Wildman–Crippen LogP) is 0.763. The van der Waals surface area contributed by atoms with Crippen LogP contribution in [-0.4, -0.2) is 16.7 Å². The molecule has 0 radical (unpaired) electrons. The Labute approximate surface area is 77.1 Å². The molecule has 1 rings (SSSR count). The monoisotopic (exact) mass is 179 g/mol. The van der Waals surface area contributed by atoms with Crippen molar-refractivity contribution in [2.24, 2.45) is 5.84 Å². The Morgan fingerprint density at radius 3 is 2.92 bits per heavy atom. The van der Waals surface area contributed by atoms with Crippen molar-refractivity contribution >= 4 is 11.9 Å². The molecule has 1 heterocycles. The lowest BCUT2D eigenvalue weighted by atomic mass is 10.2. The lowest BCUT2D eigenvalue weighted by Crippen LogP contribution is -2.07. The third-order valence-corrected chi connectivity index (χ3v) is 1.54. The third-order valence-electron chi connectivity index (χ3n) is 1.54. The molecular weight excluding hydrogens is 166 g/mol. The Morgan fingerprint density at radius 2 is 2.38 bits per heavy atom. The van der Waals surface area contributed by atoms with Crippen LogP contribution in [0.3, 0.4) is 0 Å². The van der Waals surface area contributed by atoms with Gasteiger partial charge in [-0.3, -0.25) is 0 Å². The number of hydrazine groups is 1. The quantitative estimate of drug-likeness (QED) is 0.471. The van der Waals surface area contributed by atoms with Crippen LogP contribution in [0, 0.1) is 0 Å². The lowest BCUT2D eigenvalue weighted by Gasteiger charge is -1.97. The average molecular weight is 179 g/mol. The first kappa shape index (κ1) is 9.70. The van der Waals surface area contributed by atoms with Crippen molar-refractivity contribution in [1.82, 2.24) is 4.98 Å². The maximum absolute atomic E-state index is 8.53. The van der Waals surface area contributed by atoms with Gasteiger partial charge in [-0.1, -0.05) is 12.2 Å². The van der Waals surface area contributed by atoms with E-state index >= 15 is 0 Å². The van der Waals surface area contributed by atoms with Crippen LogP contribution in [0.2, 0.25) is 0 Å². The van der Waals surface area contributed by atoms with E-state index in [4.69, 9.17) is 10.9 Å². The summed E-state index contributed by atoms with van der Waals surface area (Å²) in [5.41, 5.74) is 3.44. The van der Waals surface area contributed by atoms with Crippen LogP contribution >= 0.6 is 0 Å². The molecule has 4 nitrogen and oxygen atoms in total. The van der Waals surface area contributed by atoms with E-state index in [2.05, 4.69) is 10.4 Å². The zero-order chi connectivity index (χ0) is 9.52. The highest BCUT2D eigenvalue weighted by Gasteiger charge is 1.89. The van der Waals surface area contributed by atoms with Gasteiger partial charge in [-0.2, -0.15) is 0 Å². The first-order valence-corrected chi connectivity index (χ1v) is 4.07. The SMILES string of the molecule is NNc1ccc(C=CCCO)cn1. The molecule has 0 spiro atoms. The minimum absolute atomic E-state index is 0.173. The third kappa shape index (κ3) is 3.23. The highest BCUT2D eigenvalue weighted by molar-refractivity contribution is 5.50. The summed E-state index contributed by atoms with van der Waals surface area (Å²) in [5.74, 6) is 5.80. The van der Waals surface area contributed by atoms with Crippen LogP contribution in [0.5, 0.6) is 0 Å². The number of hydrogen-bond donors (Lipinski definition) is 3. The van der Waals surface area contributed by atoms with Gasteiger partial charge in [0.1, 0.15) is 5.82 Å². The van der Waals surface area contributed by atoms with Gasteiger partial charge in [0.25, 0.3) is 0 Å². The first-order valence-electron chi connectivity index (χ1n) is 4.07. The molecule has 0 amide bonds. The molecule has 4 N–H and O–H groups in total. The van der Waals surface area contributed by atoms with Gasteiger partial charge in [-0.05, 0) is 24.1 Å². The average Bonchev–Trinajstić information content (AvgIpc) is 2.19. The summed E-state index contributed by atoms with van der Waals surface area (Å²) in [4.78, 5) is 4.03. The second kappa shape index (κ2) is 5.29. The molecule has 0 saturated heterocycles. The van der Waals surface area contributed by atoms with E-state index in [9.17, 15) is 0 Å². The van der Waals surface area contributed by atoms with Crippen molar-refractivity contribution in [2.75, 3.05) is 12.0 Å². The van der Waals surface area contributed by atoms with Crippen molar-refractivity contribution < 1.29 is 5.11 Å². The zero-order valence-electron chi connectivity index (χ0n) is 7.27. The number of pyridine rings is 1. The van der Waals surface area contributed by atoms with Crippen molar-refractivity contribution in [3.05, 3.63) is 30.0 Å². The van der Waals surface area contributed by atoms with Crippen LogP contribution in [0.25, 0.3) is 6.08 Å². The molecule has 0 aliphatic heterocycles. The summed E-state index contributed by atoms with van der Waals surface area (Å²) in [5, 5.41) is 8.53. The van der Waals surface area contributed by atoms with E-state index in [1.54, 1.807) is 12.3 Å². The lowest BCUT2D eigenvalue weighted by molar-refractivity contribution is 0.303. The van der Waals surface area contributed by atoms with E-state index in [1.165, 1.54) is 0 Å². The second-order valence-corrected chi connectivity index (χ2v) is 2.54. The van der Waals surface area contributed by atoms with Crippen molar-refractivity contribution in [3.63, 3.8) is 0 Å². The molecule has 0 unspecified atom stereocenters. The van der Waals surface area contributed by atoms with E-state index in [0.29, 0.717) is 12.2 Å². The van der Waals surface area contributed by atoms with Crippen LogP contribution in [0.1, 0.15) is 12.0 Å². The topological polar surface area (TPSA) is 71.2 Å². The minimum Gasteiger partial charge on any atom is -0.396 e. The number of rotatable bonds is 4. The summed E-state index contributed by atoms with van der Waals surface area (Å²) in [6, 6.07) is 3.69. The largest absolute Gasteiger partial charge is 0.396 e. The molecule has 0 atom stereocenters. The van der Waals surface area contributed by atoms with Crippen LogP contribution in [0.15, 0.2) is 24.4 Å². The van der Waals surface area contributed by atoms with Gasteiger partial charge in [0.05, 0.1) is 0 Å². The number of hydrogen-bond acceptors (Lipinski definition) is 4. The normalized spacial score (nSPS) is 10.6. The minimum atomic E-state index is 0.173. The maximum atomic E-state index is 8.53. The molecule has 70 valence electrons. The van der Waals surface area contributed by atoms with E-state index in [-0.39, 0.29) is 6.61 Å². The summed E-state index contributed by atoms with van der Waals surface area (Å²) in [6.45, 7) is 0.173. The molecule has 1 aromatic rings. The number of nitrogens with one attached hydrogen (secondary N) is 1. The van der Waals surface area contributed by atoms with Crippen molar-refractivity contribution in [2.45, 2.75) is 6.42 Å². The fraction of sp³-hybridized carbons (Fsp3) is 0.222. The first-order chi connectivity index (χ1) is 6.36. The Hall–Kier alpha value is -1.39. The standard InChI is InChI=1S/C9H13N3O/c10-12-9-5-4-8(7-11-9)3-1-2-6-13/h1,3-5,7,13H,2,6,10H2,(H,11,12). The Kier molecular flexibility index (Phi) is 3.95. The molecule has 0 saturated carbocycles. The zero-order valence-corrected chi connectivity index (χ0v) is 7.27.